The van der Waals surface area contributed by atoms with Gasteiger partial charge in [0.1, 0.15) is 16.3 Å². The van der Waals surface area contributed by atoms with Gasteiger partial charge < -0.3 is 15.0 Å². The van der Waals surface area contributed by atoms with Gasteiger partial charge in [0.05, 0.1) is 28.9 Å². The summed E-state index contributed by atoms with van der Waals surface area (Å²) in [6.45, 7) is 0. The number of halogens is 3. The van der Waals surface area contributed by atoms with Gasteiger partial charge in [-0.15, -0.1) is 0 Å². The number of benzene rings is 2. The van der Waals surface area contributed by atoms with E-state index < -0.39 is 38.9 Å². The lowest BCUT2D eigenvalue weighted by molar-refractivity contribution is 0.0992. The zero-order valence-electron chi connectivity index (χ0n) is 12.6. The molecule has 0 fully saturated rings. The highest BCUT2D eigenvalue weighted by atomic mass is 35.5. The van der Waals surface area contributed by atoms with Crippen molar-refractivity contribution in [3.05, 3.63) is 50.6 Å². The molecule has 0 aliphatic carbocycles. The molecule has 0 aliphatic rings. The summed E-state index contributed by atoms with van der Waals surface area (Å²) >= 11 is 5.95. The fraction of sp³-hybridized carbons (Fsp3) is 0.125. The van der Waals surface area contributed by atoms with Gasteiger partial charge >= 0.3 is 0 Å². The summed E-state index contributed by atoms with van der Waals surface area (Å²) in [6.07, 6.45) is 0. The standard InChI is InChI=1S/C16H11ClF2N2O3/c1-21-8-4-3-6(24-2)5-7(8)15(22)10-12(18)9(16(20)23)13(19)11(17)14(10)21/h3-5H,1-2H3,(H2,20,23). The molecular weight excluding hydrogens is 342 g/mol. The molecule has 0 saturated carbocycles. The number of aryl methyl sites for hydroxylation is 1. The summed E-state index contributed by atoms with van der Waals surface area (Å²) in [5, 5.41) is -0.905. The lowest BCUT2D eigenvalue weighted by Gasteiger charge is -2.15. The van der Waals surface area contributed by atoms with E-state index in [4.69, 9.17) is 22.1 Å². The number of amides is 1. The van der Waals surface area contributed by atoms with Gasteiger partial charge in [0.2, 0.25) is 0 Å². The molecule has 2 N–H and O–H groups in total. The fourth-order valence-corrected chi connectivity index (χ4v) is 3.07. The SMILES string of the molecule is COc1ccc2c(c1)c(=O)c1c(F)c(C(N)=O)c(F)c(Cl)c1n2C. The first kappa shape index (κ1) is 16.2. The number of carbonyl (C=O) groups is 1. The third-order valence-electron chi connectivity index (χ3n) is 3.91. The zero-order chi connectivity index (χ0) is 17.8. The molecule has 1 aromatic heterocycles. The van der Waals surface area contributed by atoms with Crippen LogP contribution in [0.1, 0.15) is 10.4 Å². The topological polar surface area (TPSA) is 74.3 Å². The highest BCUT2D eigenvalue weighted by Crippen LogP contribution is 2.32. The van der Waals surface area contributed by atoms with Crippen molar-refractivity contribution in [2.75, 3.05) is 7.11 Å². The van der Waals surface area contributed by atoms with Crippen LogP contribution in [-0.2, 0) is 7.05 Å². The van der Waals surface area contributed by atoms with Crippen LogP contribution < -0.4 is 15.9 Å². The Morgan fingerprint density at radius 1 is 1.29 bits per heavy atom. The number of methoxy groups -OCH3 is 1. The van der Waals surface area contributed by atoms with Gasteiger partial charge in [-0.3, -0.25) is 9.59 Å². The molecule has 0 saturated heterocycles. The Labute approximate surface area is 139 Å². The lowest BCUT2D eigenvalue weighted by Crippen LogP contribution is -2.20. The van der Waals surface area contributed by atoms with Crippen LogP contribution in [0.4, 0.5) is 8.78 Å². The van der Waals surface area contributed by atoms with Crippen LogP contribution in [0.3, 0.4) is 0 Å². The molecule has 0 atom stereocenters. The second kappa shape index (κ2) is 5.45. The fourth-order valence-electron chi connectivity index (χ4n) is 2.76. The molecule has 0 spiro atoms. The number of ether oxygens (including phenoxy) is 1. The molecule has 1 amide bonds. The van der Waals surface area contributed by atoms with E-state index in [1.807, 2.05) is 0 Å². The number of pyridine rings is 1. The van der Waals surface area contributed by atoms with E-state index in [-0.39, 0.29) is 10.9 Å². The molecule has 0 bridgehead atoms. The summed E-state index contributed by atoms with van der Waals surface area (Å²) in [6, 6.07) is 4.60. The van der Waals surface area contributed by atoms with Gasteiger partial charge in [0.25, 0.3) is 5.91 Å². The Balaban J connectivity index is 2.68. The predicted molar refractivity (Wildman–Crippen MR) is 86.7 cm³/mol. The smallest absolute Gasteiger partial charge is 0.254 e. The molecule has 1 heterocycles. The molecule has 3 rings (SSSR count). The number of hydrogen-bond acceptors (Lipinski definition) is 3. The van der Waals surface area contributed by atoms with Crippen molar-refractivity contribution in [1.29, 1.82) is 0 Å². The molecule has 124 valence electrons. The van der Waals surface area contributed by atoms with E-state index >= 15 is 0 Å². The number of rotatable bonds is 2. The number of primary amides is 1. The van der Waals surface area contributed by atoms with Crippen LogP contribution in [0.25, 0.3) is 21.8 Å². The van der Waals surface area contributed by atoms with Crippen LogP contribution in [-0.4, -0.2) is 17.6 Å². The van der Waals surface area contributed by atoms with Crippen LogP contribution in [0, 0.1) is 11.6 Å². The largest absolute Gasteiger partial charge is 0.497 e. The van der Waals surface area contributed by atoms with Crippen molar-refractivity contribution in [3.8, 4) is 5.75 Å². The molecule has 8 heteroatoms. The number of fused-ring (bicyclic) bond motifs is 2. The van der Waals surface area contributed by atoms with Gasteiger partial charge in [0, 0.05) is 7.05 Å². The minimum Gasteiger partial charge on any atom is -0.497 e. The van der Waals surface area contributed by atoms with Crippen LogP contribution in [0.5, 0.6) is 5.75 Å². The van der Waals surface area contributed by atoms with Crippen molar-refractivity contribution < 1.29 is 18.3 Å². The van der Waals surface area contributed by atoms with Gasteiger partial charge in [-0.2, -0.15) is 0 Å². The lowest BCUT2D eigenvalue weighted by atomic mass is 10.0. The predicted octanol–water partition coefficient (Wildman–Crippen LogP) is 2.73. The van der Waals surface area contributed by atoms with E-state index in [0.717, 1.165) is 0 Å². The van der Waals surface area contributed by atoms with Gasteiger partial charge in [-0.05, 0) is 18.2 Å². The van der Waals surface area contributed by atoms with E-state index in [1.54, 1.807) is 12.1 Å². The first-order valence-electron chi connectivity index (χ1n) is 6.76. The van der Waals surface area contributed by atoms with Crippen LogP contribution in [0.2, 0.25) is 5.02 Å². The molecule has 2 aromatic carbocycles. The molecule has 0 aliphatic heterocycles. The van der Waals surface area contributed by atoms with E-state index in [2.05, 4.69) is 0 Å². The highest BCUT2D eigenvalue weighted by molar-refractivity contribution is 6.36. The van der Waals surface area contributed by atoms with Gasteiger partial charge in [-0.25, -0.2) is 8.78 Å². The summed E-state index contributed by atoms with van der Waals surface area (Å²) in [5.41, 5.74) is 3.49. The van der Waals surface area contributed by atoms with Gasteiger partial charge in [-0.1, -0.05) is 11.6 Å². The summed E-state index contributed by atoms with van der Waals surface area (Å²) in [7, 11) is 2.93. The Bertz CT molecular complexity index is 1090. The average Bonchev–Trinajstić information content (AvgIpc) is 2.55. The first-order valence-corrected chi connectivity index (χ1v) is 7.14. The maximum Gasteiger partial charge on any atom is 0.254 e. The summed E-state index contributed by atoms with van der Waals surface area (Å²) in [5.74, 6) is -3.58. The third kappa shape index (κ3) is 2.05. The number of nitrogens with zero attached hydrogens (tertiary/aromatic N) is 1. The highest BCUT2D eigenvalue weighted by Gasteiger charge is 2.26. The van der Waals surface area contributed by atoms with Crippen molar-refractivity contribution >= 4 is 39.3 Å². The molecule has 5 nitrogen and oxygen atoms in total. The van der Waals surface area contributed by atoms with Gasteiger partial charge in [0.15, 0.2) is 17.1 Å². The molecule has 0 unspecified atom stereocenters. The first-order chi connectivity index (χ1) is 11.3. The Hall–Kier alpha value is -2.67. The Kier molecular flexibility index (Phi) is 3.68. The van der Waals surface area contributed by atoms with E-state index in [9.17, 15) is 18.4 Å². The second-order valence-electron chi connectivity index (χ2n) is 5.18. The third-order valence-corrected chi connectivity index (χ3v) is 4.26. The molecule has 24 heavy (non-hydrogen) atoms. The summed E-state index contributed by atoms with van der Waals surface area (Å²) < 4.78 is 35.4. The van der Waals surface area contributed by atoms with E-state index in [0.29, 0.717) is 11.3 Å². The van der Waals surface area contributed by atoms with Crippen LogP contribution >= 0.6 is 11.6 Å². The van der Waals surface area contributed by atoms with E-state index in [1.165, 1.54) is 24.8 Å². The second-order valence-corrected chi connectivity index (χ2v) is 5.55. The molecule has 3 aromatic rings. The number of nitrogens with two attached hydrogens (primary N) is 1. The number of hydrogen-bond donors (Lipinski definition) is 1. The number of aromatic nitrogens is 1. The van der Waals surface area contributed by atoms with Crippen LogP contribution in [0.15, 0.2) is 23.0 Å². The monoisotopic (exact) mass is 352 g/mol. The summed E-state index contributed by atoms with van der Waals surface area (Å²) in [4.78, 5) is 24.1. The average molecular weight is 353 g/mol. The quantitative estimate of drug-likeness (QED) is 0.569. The minimum atomic E-state index is -1.35. The van der Waals surface area contributed by atoms with Crippen molar-refractivity contribution in [2.24, 2.45) is 12.8 Å². The van der Waals surface area contributed by atoms with Crippen molar-refractivity contribution in [1.82, 2.24) is 4.57 Å². The normalized spacial score (nSPS) is 11.2. The van der Waals surface area contributed by atoms with Crippen molar-refractivity contribution in [2.45, 2.75) is 0 Å². The Morgan fingerprint density at radius 2 is 1.96 bits per heavy atom. The Morgan fingerprint density at radius 3 is 2.54 bits per heavy atom. The number of carbonyl (C=O) groups excluding carboxylic acids is 1. The maximum atomic E-state index is 14.7. The molecule has 0 radical (unpaired) electrons. The molecular formula is C16H11ClF2N2O3. The minimum absolute atomic E-state index is 0.140. The maximum absolute atomic E-state index is 14.7. The zero-order valence-corrected chi connectivity index (χ0v) is 13.4. The van der Waals surface area contributed by atoms with Crippen molar-refractivity contribution in [3.63, 3.8) is 0 Å².